The molecule has 0 radical (unpaired) electrons. The molecule has 0 spiro atoms. The lowest BCUT2D eigenvalue weighted by Gasteiger charge is -2.19. The van der Waals surface area contributed by atoms with Crippen LogP contribution in [0.15, 0.2) is 60.8 Å². The van der Waals surface area contributed by atoms with Crippen LogP contribution in [-0.4, -0.2) is 29.1 Å². The zero-order valence-electron chi connectivity index (χ0n) is 16.6. The molecule has 10 heteroatoms. The fourth-order valence-electron chi connectivity index (χ4n) is 3.62. The molecule has 1 fully saturated rings. The molecule has 1 aliphatic rings. The van der Waals surface area contributed by atoms with Crippen LogP contribution < -0.4 is 9.64 Å². The molecular weight excluding hydrogens is 447 g/mol. The number of benzene rings is 2. The van der Waals surface area contributed by atoms with Crippen LogP contribution in [0, 0.1) is 10.1 Å². The summed E-state index contributed by atoms with van der Waals surface area (Å²) in [5.41, 5.74) is 1.06. The van der Waals surface area contributed by atoms with E-state index in [1.54, 1.807) is 6.07 Å². The summed E-state index contributed by atoms with van der Waals surface area (Å²) in [6.45, 7) is 0.791. The average molecular weight is 464 g/mol. The molecule has 0 saturated carbocycles. The summed E-state index contributed by atoms with van der Waals surface area (Å²) < 4.78 is 44.0. The monoisotopic (exact) mass is 463 g/mol. The number of hydrogen-bond acceptors (Lipinski definition) is 5. The normalized spacial score (nSPS) is 16.2. The highest BCUT2D eigenvalue weighted by molar-refractivity contribution is 6.31. The highest BCUT2D eigenvalue weighted by atomic mass is 35.5. The quantitative estimate of drug-likeness (QED) is 0.343. The SMILES string of the molecule is O=[N+]([O-])c1cc(-c2ccccc2)ccc1N1CC[C@@H](Oc2ncc(C(F)(F)F)cc2Cl)C1. The standard InChI is InChI=1S/C22H17ClF3N3O3/c23-18-11-16(22(24,25)26)12-27-21(18)32-17-8-9-28(13-17)19-7-6-15(10-20(19)29(30)31)14-4-2-1-3-5-14/h1-7,10-12,17H,8-9,13H2/t17-/m1/s1. The second-order valence-corrected chi connectivity index (χ2v) is 7.72. The van der Waals surface area contributed by atoms with Gasteiger partial charge in [-0.05, 0) is 23.3 Å². The lowest BCUT2D eigenvalue weighted by atomic mass is 10.0. The van der Waals surface area contributed by atoms with Crippen LogP contribution in [0.2, 0.25) is 5.02 Å². The van der Waals surface area contributed by atoms with Crippen molar-refractivity contribution in [2.45, 2.75) is 18.7 Å². The Morgan fingerprint density at radius 1 is 1.12 bits per heavy atom. The van der Waals surface area contributed by atoms with Crippen molar-refractivity contribution in [1.29, 1.82) is 0 Å². The molecule has 6 nitrogen and oxygen atoms in total. The van der Waals surface area contributed by atoms with E-state index >= 15 is 0 Å². The Hall–Kier alpha value is -3.33. The van der Waals surface area contributed by atoms with Gasteiger partial charge < -0.3 is 9.64 Å². The van der Waals surface area contributed by atoms with Gasteiger partial charge in [0.25, 0.3) is 5.69 Å². The number of nitrogens with zero attached hydrogens (tertiary/aromatic N) is 3. The lowest BCUT2D eigenvalue weighted by molar-refractivity contribution is -0.384. The van der Waals surface area contributed by atoms with E-state index < -0.39 is 22.8 Å². The average Bonchev–Trinajstić information content (AvgIpc) is 3.23. The van der Waals surface area contributed by atoms with E-state index in [-0.39, 0.29) is 16.6 Å². The molecule has 1 atom stereocenters. The van der Waals surface area contributed by atoms with Crippen LogP contribution >= 0.6 is 11.6 Å². The van der Waals surface area contributed by atoms with E-state index in [9.17, 15) is 23.3 Å². The molecule has 166 valence electrons. The fourth-order valence-corrected chi connectivity index (χ4v) is 3.83. The minimum Gasteiger partial charge on any atom is -0.471 e. The number of alkyl halides is 3. The van der Waals surface area contributed by atoms with E-state index in [4.69, 9.17) is 16.3 Å². The Balaban J connectivity index is 1.51. The summed E-state index contributed by atoms with van der Waals surface area (Å²) in [4.78, 5) is 16.8. The van der Waals surface area contributed by atoms with Gasteiger partial charge in [0.05, 0.1) is 17.0 Å². The molecule has 2 heterocycles. The second-order valence-electron chi connectivity index (χ2n) is 7.31. The number of halogens is 4. The van der Waals surface area contributed by atoms with Gasteiger partial charge in [-0.2, -0.15) is 13.2 Å². The van der Waals surface area contributed by atoms with Gasteiger partial charge in [-0.1, -0.05) is 48.0 Å². The Morgan fingerprint density at radius 3 is 2.53 bits per heavy atom. The van der Waals surface area contributed by atoms with Crippen LogP contribution in [0.3, 0.4) is 0 Å². The minimum absolute atomic E-state index is 0.0299. The zero-order valence-corrected chi connectivity index (χ0v) is 17.3. The van der Waals surface area contributed by atoms with Crippen molar-refractivity contribution in [2.24, 2.45) is 0 Å². The fraction of sp³-hybridized carbons (Fsp3) is 0.227. The first-order valence-electron chi connectivity index (χ1n) is 9.70. The first-order valence-corrected chi connectivity index (χ1v) is 10.1. The zero-order chi connectivity index (χ0) is 22.9. The number of pyridine rings is 1. The van der Waals surface area contributed by atoms with Crippen LogP contribution in [0.25, 0.3) is 11.1 Å². The molecule has 2 aromatic carbocycles. The largest absolute Gasteiger partial charge is 0.471 e. The van der Waals surface area contributed by atoms with Crippen molar-refractivity contribution in [3.8, 4) is 17.0 Å². The molecule has 3 aromatic rings. The Labute approximate surface area is 186 Å². The summed E-state index contributed by atoms with van der Waals surface area (Å²) in [6, 6.07) is 15.2. The summed E-state index contributed by atoms with van der Waals surface area (Å²) in [5.74, 6) is -0.0968. The topological polar surface area (TPSA) is 68.5 Å². The van der Waals surface area contributed by atoms with Crippen LogP contribution in [0.1, 0.15) is 12.0 Å². The van der Waals surface area contributed by atoms with Crippen molar-refractivity contribution in [3.05, 3.63) is 81.5 Å². The molecule has 1 aromatic heterocycles. The van der Waals surface area contributed by atoms with Crippen molar-refractivity contribution >= 4 is 23.0 Å². The van der Waals surface area contributed by atoms with Crippen molar-refractivity contribution < 1.29 is 22.8 Å². The Morgan fingerprint density at radius 2 is 1.88 bits per heavy atom. The van der Waals surface area contributed by atoms with E-state index in [1.807, 2.05) is 41.3 Å². The number of rotatable bonds is 5. The van der Waals surface area contributed by atoms with Gasteiger partial charge in [0.1, 0.15) is 16.8 Å². The number of nitro benzene ring substituents is 1. The third-order valence-corrected chi connectivity index (χ3v) is 5.45. The van der Waals surface area contributed by atoms with Gasteiger partial charge in [0.15, 0.2) is 0 Å². The number of aromatic nitrogens is 1. The summed E-state index contributed by atoms with van der Waals surface area (Å²) in [6.07, 6.45) is -3.80. The van der Waals surface area contributed by atoms with E-state index in [0.717, 1.165) is 17.2 Å². The third kappa shape index (κ3) is 4.62. The van der Waals surface area contributed by atoms with E-state index in [0.29, 0.717) is 31.4 Å². The van der Waals surface area contributed by atoms with Crippen LogP contribution in [0.4, 0.5) is 24.5 Å². The predicted octanol–water partition coefficient (Wildman–Crippen LogP) is 5.99. The van der Waals surface area contributed by atoms with Crippen molar-refractivity contribution in [1.82, 2.24) is 4.98 Å². The molecule has 4 rings (SSSR count). The first kappa shape index (κ1) is 21.9. The number of anilines is 1. The van der Waals surface area contributed by atoms with Gasteiger partial charge in [0.2, 0.25) is 5.88 Å². The van der Waals surface area contributed by atoms with Gasteiger partial charge in [0, 0.05) is 25.2 Å². The Kier molecular flexibility index (Phi) is 5.92. The summed E-state index contributed by atoms with van der Waals surface area (Å²) in [7, 11) is 0. The number of hydrogen-bond donors (Lipinski definition) is 0. The minimum atomic E-state index is -4.55. The first-order chi connectivity index (χ1) is 15.2. The van der Waals surface area contributed by atoms with Gasteiger partial charge in [-0.3, -0.25) is 10.1 Å². The lowest BCUT2D eigenvalue weighted by Crippen LogP contribution is -2.25. The number of nitro groups is 1. The van der Waals surface area contributed by atoms with Crippen LogP contribution in [0.5, 0.6) is 5.88 Å². The van der Waals surface area contributed by atoms with Gasteiger partial charge >= 0.3 is 6.18 Å². The molecule has 0 N–H and O–H groups in total. The Bertz CT molecular complexity index is 1140. The molecular formula is C22H17ClF3N3O3. The van der Waals surface area contributed by atoms with Crippen LogP contribution in [-0.2, 0) is 6.18 Å². The number of ether oxygens (including phenoxy) is 1. The highest BCUT2D eigenvalue weighted by Gasteiger charge is 2.33. The van der Waals surface area contributed by atoms with Gasteiger partial charge in [-0.15, -0.1) is 0 Å². The smallest absolute Gasteiger partial charge is 0.417 e. The molecule has 0 unspecified atom stereocenters. The van der Waals surface area contributed by atoms with Crippen molar-refractivity contribution in [2.75, 3.05) is 18.0 Å². The highest BCUT2D eigenvalue weighted by Crippen LogP contribution is 2.37. The molecule has 0 bridgehead atoms. The molecule has 32 heavy (non-hydrogen) atoms. The molecule has 0 amide bonds. The third-order valence-electron chi connectivity index (χ3n) is 5.18. The van der Waals surface area contributed by atoms with Crippen molar-refractivity contribution in [3.63, 3.8) is 0 Å². The predicted molar refractivity (Wildman–Crippen MR) is 114 cm³/mol. The molecule has 0 aliphatic carbocycles. The van der Waals surface area contributed by atoms with Gasteiger partial charge in [-0.25, -0.2) is 4.98 Å². The molecule has 1 aliphatic heterocycles. The van der Waals surface area contributed by atoms with E-state index in [2.05, 4.69) is 4.98 Å². The second kappa shape index (κ2) is 8.66. The van der Waals surface area contributed by atoms with E-state index in [1.165, 1.54) is 6.07 Å². The maximum atomic E-state index is 12.8. The summed E-state index contributed by atoms with van der Waals surface area (Å²) in [5, 5.41) is 11.5. The molecule has 1 saturated heterocycles. The maximum absolute atomic E-state index is 12.8. The summed E-state index contributed by atoms with van der Waals surface area (Å²) >= 11 is 5.92. The maximum Gasteiger partial charge on any atom is 0.417 e.